The minimum atomic E-state index is -0.498. The lowest BCUT2D eigenvalue weighted by molar-refractivity contribution is 0.0352. The fraction of sp³-hybridized carbons (Fsp3) is 0.167. The fourth-order valence-electron chi connectivity index (χ4n) is 2.39. The lowest BCUT2D eigenvalue weighted by Gasteiger charge is -2.22. The van der Waals surface area contributed by atoms with Crippen molar-refractivity contribution in [1.82, 2.24) is 9.97 Å². The number of imidazole rings is 1. The van der Waals surface area contributed by atoms with Gasteiger partial charge < -0.3 is 9.72 Å². The van der Waals surface area contributed by atoms with E-state index < -0.39 is 11.5 Å². The molecule has 0 aliphatic carbocycles. The number of nitrogens with zero attached hydrogens (tertiary/aromatic N) is 1. The van der Waals surface area contributed by atoms with Gasteiger partial charge in [0, 0.05) is 27.5 Å². The maximum atomic E-state index is 6.61. The van der Waals surface area contributed by atoms with Crippen molar-refractivity contribution in [2.75, 3.05) is 0 Å². The van der Waals surface area contributed by atoms with E-state index in [2.05, 4.69) is 9.97 Å². The van der Waals surface area contributed by atoms with Gasteiger partial charge in [-0.3, -0.25) is 0 Å². The third-order valence-corrected chi connectivity index (χ3v) is 4.95. The topological polar surface area (TPSA) is 37.9 Å². The smallest absolute Gasteiger partial charge is 0.127 e. The summed E-state index contributed by atoms with van der Waals surface area (Å²) < 4.78 is 6.10. The van der Waals surface area contributed by atoms with Crippen LogP contribution in [0.5, 0.6) is 0 Å². The van der Waals surface area contributed by atoms with Crippen LogP contribution >= 0.6 is 46.4 Å². The third kappa shape index (κ3) is 4.69. The summed E-state index contributed by atoms with van der Waals surface area (Å²) in [5.74, 6) is 0.629. The van der Waals surface area contributed by atoms with Gasteiger partial charge in [0.05, 0.1) is 6.61 Å². The monoisotopic (exact) mass is 414 g/mol. The van der Waals surface area contributed by atoms with Crippen LogP contribution in [0.15, 0.2) is 54.9 Å². The first-order chi connectivity index (χ1) is 12.0. The zero-order valence-corrected chi connectivity index (χ0v) is 15.9. The molecule has 0 saturated carbocycles. The summed E-state index contributed by atoms with van der Waals surface area (Å²) in [6.45, 7) is 0.285. The molecule has 3 rings (SSSR count). The van der Waals surface area contributed by atoms with Gasteiger partial charge in [-0.2, -0.15) is 0 Å². The summed E-state index contributed by atoms with van der Waals surface area (Å²) in [4.78, 5) is 7.25. The van der Waals surface area contributed by atoms with Crippen LogP contribution in [0, 0.1) is 0 Å². The summed E-state index contributed by atoms with van der Waals surface area (Å²) in [5.41, 5.74) is 1.72. The second-order valence-corrected chi connectivity index (χ2v) is 7.15. The molecule has 1 N–H and O–H groups in total. The van der Waals surface area contributed by atoms with Crippen LogP contribution < -0.4 is 0 Å². The molecule has 2 atom stereocenters. The average molecular weight is 416 g/mol. The SMILES string of the molecule is Clc1ccc(C(OCc2ccc(Cl)cc2Cl)C(Cl)c2ncc[nH]2)cc1. The van der Waals surface area contributed by atoms with Gasteiger partial charge in [0.2, 0.25) is 0 Å². The zero-order valence-electron chi connectivity index (χ0n) is 12.9. The number of benzene rings is 2. The van der Waals surface area contributed by atoms with E-state index in [0.29, 0.717) is 20.9 Å². The molecule has 0 bridgehead atoms. The van der Waals surface area contributed by atoms with Crippen LogP contribution in [0.2, 0.25) is 15.1 Å². The van der Waals surface area contributed by atoms with Crippen LogP contribution in [-0.4, -0.2) is 9.97 Å². The molecule has 0 fully saturated rings. The first kappa shape index (κ1) is 18.6. The summed E-state index contributed by atoms with van der Waals surface area (Å²) in [7, 11) is 0. The number of aromatic amines is 1. The summed E-state index contributed by atoms with van der Waals surface area (Å²) in [6, 6.07) is 12.7. The molecule has 7 heteroatoms. The number of rotatable bonds is 6. The molecule has 3 nitrogen and oxygen atoms in total. The van der Waals surface area contributed by atoms with E-state index in [9.17, 15) is 0 Å². The maximum absolute atomic E-state index is 6.61. The lowest BCUT2D eigenvalue weighted by atomic mass is 10.1. The van der Waals surface area contributed by atoms with Gasteiger partial charge in [-0.1, -0.05) is 53.0 Å². The van der Waals surface area contributed by atoms with Crippen LogP contribution in [0.4, 0.5) is 0 Å². The third-order valence-electron chi connectivity index (χ3n) is 3.68. The van der Waals surface area contributed by atoms with Crippen molar-refractivity contribution in [1.29, 1.82) is 0 Å². The van der Waals surface area contributed by atoms with Crippen molar-refractivity contribution in [3.63, 3.8) is 0 Å². The van der Waals surface area contributed by atoms with E-state index in [1.54, 1.807) is 36.7 Å². The van der Waals surface area contributed by atoms with Crippen LogP contribution in [0.1, 0.15) is 28.4 Å². The Morgan fingerprint density at radius 2 is 1.72 bits per heavy atom. The van der Waals surface area contributed by atoms with Crippen molar-refractivity contribution in [2.45, 2.75) is 18.1 Å². The van der Waals surface area contributed by atoms with E-state index >= 15 is 0 Å². The Hall–Kier alpha value is -1.23. The molecule has 0 saturated heterocycles. The second kappa shape index (κ2) is 8.43. The van der Waals surface area contributed by atoms with Crippen molar-refractivity contribution in [3.05, 3.63) is 86.9 Å². The largest absolute Gasteiger partial charge is 0.367 e. The molecule has 2 aromatic carbocycles. The van der Waals surface area contributed by atoms with Crippen molar-refractivity contribution >= 4 is 46.4 Å². The number of halogens is 4. The first-order valence-electron chi connectivity index (χ1n) is 7.49. The molecule has 1 heterocycles. The Labute approximate surface area is 165 Å². The van der Waals surface area contributed by atoms with Gasteiger partial charge in [-0.05, 0) is 35.4 Å². The molecule has 2 unspecified atom stereocenters. The number of hydrogen-bond donors (Lipinski definition) is 1. The van der Waals surface area contributed by atoms with Crippen molar-refractivity contribution in [2.24, 2.45) is 0 Å². The Kier molecular flexibility index (Phi) is 6.26. The highest BCUT2D eigenvalue weighted by atomic mass is 35.5. The highest BCUT2D eigenvalue weighted by Crippen LogP contribution is 2.37. The highest BCUT2D eigenvalue weighted by Gasteiger charge is 2.26. The van der Waals surface area contributed by atoms with Crippen LogP contribution in [-0.2, 0) is 11.3 Å². The van der Waals surface area contributed by atoms with Crippen molar-refractivity contribution < 1.29 is 4.74 Å². The Bertz CT molecular complexity index is 822. The van der Waals surface area contributed by atoms with Crippen LogP contribution in [0.25, 0.3) is 0 Å². The number of nitrogens with one attached hydrogen (secondary N) is 1. The van der Waals surface area contributed by atoms with Gasteiger partial charge in [0.25, 0.3) is 0 Å². The molecular weight excluding hydrogens is 402 g/mol. The van der Waals surface area contributed by atoms with Crippen molar-refractivity contribution in [3.8, 4) is 0 Å². The second-order valence-electron chi connectivity index (χ2n) is 5.40. The van der Waals surface area contributed by atoms with E-state index in [-0.39, 0.29) is 6.61 Å². The first-order valence-corrected chi connectivity index (χ1v) is 9.06. The lowest BCUT2D eigenvalue weighted by Crippen LogP contribution is -2.12. The molecule has 0 aliphatic rings. The number of ether oxygens (including phenoxy) is 1. The van der Waals surface area contributed by atoms with Crippen LogP contribution in [0.3, 0.4) is 0 Å². The zero-order chi connectivity index (χ0) is 17.8. The molecule has 0 aliphatic heterocycles. The molecule has 3 aromatic rings. The summed E-state index contributed by atoms with van der Waals surface area (Å²) in [5, 5.41) is 1.27. The maximum Gasteiger partial charge on any atom is 0.127 e. The number of aromatic nitrogens is 2. The fourth-order valence-corrected chi connectivity index (χ4v) is 3.32. The van der Waals surface area contributed by atoms with Gasteiger partial charge in [-0.25, -0.2) is 4.98 Å². The quantitative estimate of drug-likeness (QED) is 0.460. The van der Waals surface area contributed by atoms with E-state index in [1.165, 1.54) is 0 Å². The van der Waals surface area contributed by atoms with Gasteiger partial charge >= 0.3 is 0 Å². The summed E-state index contributed by atoms with van der Waals surface area (Å²) in [6.07, 6.45) is 2.94. The molecule has 25 heavy (non-hydrogen) atoms. The standard InChI is InChI=1S/C18H14Cl4N2O/c19-13-4-1-11(2-5-13)17(16(22)18-23-7-8-24-18)25-10-12-3-6-14(20)9-15(12)21/h1-9,16-17H,10H2,(H,23,24). The molecular formula is C18H14Cl4N2O. The number of alkyl halides is 1. The number of H-pyrrole nitrogens is 1. The number of hydrogen-bond acceptors (Lipinski definition) is 2. The van der Waals surface area contributed by atoms with E-state index in [1.807, 2.05) is 18.2 Å². The van der Waals surface area contributed by atoms with E-state index in [0.717, 1.165) is 11.1 Å². The van der Waals surface area contributed by atoms with Gasteiger partial charge in [0.15, 0.2) is 0 Å². The molecule has 130 valence electrons. The molecule has 0 spiro atoms. The normalized spacial score (nSPS) is 13.6. The molecule has 0 amide bonds. The minimum Gasteiger partial charge on any atom is -0.367 e. The minimum absolute atomic E-state index is 0.285. The Morgan fingerprint density at radius 3 is 2.36 bits per heavy atom. The Balaban J connectivity index is 1.84. The summed E-state index contributed by atoms with van der Waals surface area (Å²) >= 11 is 24.8. The van der Waals surface area contributed by atoms with Gasteiger partial charge in [0.1, 0.15) is 17.3 Å². The molecule has 1 aromatic heterocycles. The predicted octanol–water partition coefficient (Wildman–Crippen LogP) is 6.61. The highest BCUT2D eigenvalue weighted by molar-refractivity contribution is 6.35. The average Bonchev–Trinajstić information content (AvgIpc) is 3.12. The molecule has 0 radical (unpaired) electrons. The van der Waals surface area contributed by atoms with E-state index in [4.69, 9.17) is 51.1 Å². The van der Waals surface area contributed by atoms with Gasteiger partial charge in [-0.15, -0.1) is 11.6 Å². The Morgan fingerprint density at radius 1 is 1.00 bits per heavy atom. The predicted molar refractivity (Wildman–Crippen MR) is 103 cm³/mol.